The number of hydrogen-bond donors (Lipinski definition) is 0. The van der Waals surface area contributed by atoms with Crippen LogP contribution in [0.1, 0.15) is 42.0 Å². The highest BCUT2D eigenvalue weighted by Crippen LogP contribution is 2.29. The summed E-state index contributed by atoms with van der Waals surface area (Å²) < 4.78 is 11.2. The first-order valence-corrected chi connectivity index (χ1v) is 12.7. The molecule has 188 valence electrons. The van der Waals surface area contributed by atoms with E-state index in [1.54, 1.807) is 19.3 Å². The number of hydrogen-bond acceptors (Lipinski definition) is 5. The fourth-order valence-corrected chi connectivity index (χ4v) is 4.63. The first kappa shape index (κ1) is 25.4. The van der Waals surface area contributed by atoms with Gasteiger partial charge in [-0.15, -0.1) is 0 Å². The standard InChI is InChI=1S/C30H34N2O4/c1-2-35-29(33)21-27-19-26-20-28(36-18-6-9-24-12-15-31-16-13-24)11-10-25(26)22-32(30(27)34)17-14-23-7-4-3-5-8-23/h3-5,7-8,10-13,15-16,20,27H,2,6,9,14,17-19,21-22H2,1H3. The number of pyridine rings is 1. The second-order valence-electron chi connectivity index (χ2n) is 9.14. The molecule has 0 radical (unpaired) electrons. The van der Waals surface area contributed by atoms with Gasteiger partial charge in [-0.25, -0.2) is 0 Å². The molecular formula is C30H34N2O4. The van der Waals surface area contributed by atoms with Gasteiger partial charge >= 0.3 is 5.97 Å². The van der Waals surface area contributed by atoms with E-state index in [1.165, 1.54) is 11.1 Å². The Morgan fingerprint density at radius 1 is 1.00 bits per heavy atom. The number of carbonyl (C=O) groups excluding carboxylic acids is 2. The average molecular weight is 487 g/mol. The third kappa shape index (κ3) is 7.17. The van der Waals surface area contributed by atoms with Crippen molar-refractivity contribution in [3.05, 3.63) is 95.3 Å². The Morgan fingerprint density at radius 2 is 1.78 bits per heavy atom. The maximum Gasteiger partial charge on any atom is 0.306 e. The number of benzene rings is 2. The van der Waals surface area contributed by atoms with Crippen LogP contribution in [0.5, 0.6) is 5.75 Å². The van der Waals surface area contributed by atoms with Gasteiger partial charge in [0.1, 0.15) is 5.75 Å². The van der Waals surface area contributed by atoms with Crippen LogP contribution in [0.4, 0.5) is 0 Å². The minimum atomic E-state index is -0.442. The van der Waals surface area contributed by atoms with Crippen LogP contribution in [0.25, 0.3) is 0 Å². The maximum atomic E-state index is 13.5. The predicted octanol–water partition coefficient (Wildman–Crippen LogP) is 4.79. The van der Waals surface area contributed by atoms with Crippen molar-refractivity contribution in [3.8, 4) is 5.75 Å². The van der Waals surface area contributed by atoms with Gasteiger partial charge in [0.2, 0.25) is 5.91 Å². The van der Waals surface area contributed by atoms with Crippen LogP contribution in [0, 0.1) is 5.92 Å². The fraction of sp³-hybridized carbons (Fsp3) is 0.367. The third-order valence-electron chi connectivity index (χ3n) is 6.53. The summed E-state index contributed by atoms with van der Waals surface area (Å²) in [5, 5.41) is 0. The second-order valence-corrected chi connectivity index (χ2v) is 9.14. The SMILES string of the molecule is CCOC(=O)CC1Cc2cc(OCCCc3ccncc3)ccc2CN(CCc2ccccc2)C1=O. The summed E-state index contributed by atoms with van der Waals surface area (Å²) >= 11 is 0. The Hall–Kier alpha value is -3.67. The highest BCUT2D eigenvalue weighted by Gasteiger charge is 2.31. The van der Waals surface area contributed by atoms with E-state index in [4.69, 9.17) is 9.47 Å². The molecule has 36 heavy (non-hydrogen) atoms. The lowest BCUT2D eigenvalue weighted by Gasteiger charge is -2.24. The molecule has 3 aromatic rings. The second kappa shape index (κ2) is 12.9. The Kier molecular flexibility index (Phi) is 9.09. The van der Waals surface area contributed by atoms with Crippen molar-refractivity contribution in [3.63, 3.8) is 0 Å². The van der Waals surface area contributed by atoms with Crippen molar-refractivity contribution in [2.45, 2.75) is 45.6 Å². The van der Waals surface area contributed by atoms with Crippen molar-refractivity contribution >= 4 is 11.9 Å². The van der Waals surface area contributed by atoms with Gasteiger partial charge in [-0.05, 0) is 79.1 Å². The van der Waals surface area contributed by atoms with Gasteiger partial charge in [0.05, 0.1) is 25.6 Å². The lowest BCUT2D eigenvalue weighted by atomic mass is 9.94. The molecule has 0 saturated heterocycles. The van der Waals surface area contributed by atoms with E-state index in [0.717, 1.165) is 36.1 Å². The molecule has 1 aromatic heterocycles. The van der Waals surface area contributed by atoms with Crippen molar-refractivity contribution < 1.29 is 19.1 Å². The molecule has 0 spiro atoms. The van der Waals surface area contributed by atoms with Gasteiger partial charge in [-0.3, -0.25) is 14.6 Å². The Balaban J connectivity index is 1.44. The van der Waals surface area contributed by atoms with E-state index < -0.39 is 5.92 Å². The number of carbonyl (C=O) groups is 2. The summed E-state index contributed by atoms with van der Waals surface area (Å²) in [5.74, 6) is 0.0346. The van der Waals surface area contributed by atoms with E-state index in [0.29, 0.717) is 32.7 Å². The molecule has 0 N–H and O–H groups in total. The van der Waals surface area contributed by atoms with Crippen LogP contribution in [-0.4, -0.2) is 41.5 Å². The van der Waals surface area contributed by atoms with Gasteiger partial charge < -0.3 is 14.4 Å². The molecule has 4 rings (SSSR count). The van der Waals surface area contributed by atoms with Crippen LogP contribution < -0.4 is 4.74 Å². The summed E-state index contributed by atoms with van der Waals surface area (Å²) in [7, 11) is 0. The van der Waals surface area contributed by atoms with Gasteiger partial charge in [-0.2, -0.15) is 0 Å². The maximum absolute atomic E-state index is 13.5. The quantitative estimate of drug-likeness (QED) is 0.288. The van der Waals surface area contributed by atoms with E-state index in [2.05, 4.69) is 23.2 Å². The summed E-state index contributed by atoms with van der Waals surface area (Å²) in [5.41, 5.74) is 4.59. The molecule has 1 unspecified atom stereocenters. The number of ether oxygens (including phenoxy) is 2. The van der Waals surface area contributed by atoms with E-state index in [-0.39, 0.29) is 18.3 Å². The number of esters is 1. The van der Waals surface area contributed by atoms with Crippen LogP contribution in [0.15, 0.2) is 73.1 Å². The summed E-state index contributed by atoms with van der Waals surface area (Å²) in [6.45, 7) is 3.84. The van der Waals surface area contributed by atoms with Gasteiger partial charge in [0.25, 0.3) is 0 Å². The summed E-state index contributed by atoms with van der Waals surface area (Å²) in [6, 6.07) is 20.3. The number of amides is 1. The minimum Gasteiger partial charge on any atom is -0.494 e. The van der Waals surface area contributed by atoms with Crippen LogP contribution in [-0.2, 0) is 40.1 Å². The molecule has 6 nitrogen and oxygen atoms in total. The molecular weight excluding hydrogens is 452 g/mol. The zero-order valence-corrected chi connectivity index (χ0v) is 20.9. The van der Waals surface area contributed by atoms with Crippen LogP contribution in [0.2, 0.25) is 0 Å². The summed E-state index contributed by atoms with van der Waals surface area (Å²) in [6.07, 6.45) is 6.80. The largest absolute Gasteiger partial charge is 0.494 e. The molecule has 1 aliphatic rings. The molecule has 0 fully saturated rings. The molecule has 1 atom stereocenters. The number of aryl methyl sites for hydroxylation is 1. The zero-order valence-electron chi connectivity index (χ0n) is 20.9. The first-order valence-electron chi connectivity index (χ1n) is 12.7. The van der Waals surface area contributed by atoms with Crippen LogP contribution >= 0.6 is 0 Å². The topological polar surface area (TPSA) is 68.7 Å². The van der Waals surface area contributed by atoms with Crippen LogP contribution in [0.3, 0.4) is 0 Å². The van der Waals surface area contributed by atoms with Gasteiger partial charge in [0, 0.05) is 25.5 Å². The van der Waals surface area contributed by atoms with E-state index in [1.807, 2.05) is 47.4 Å². The average Bonchev–Trinajstić information content (AvgIpc) is 3.02. The monoisotopic (exact) mass is 486 g/mol. The molecule has 1 aliphatic heterocycles. The number of aromatic nitrogens is 1. The number of nitrogens with zero attached hydrogens (tertiary/aromatic N) is 2. The lowest BCUT2D eigenvalue weighted by molar-refractivity contribution is -0.148. The third-order valence-corrected chi connectivity index (χ3v) is 6.53. The normalized spacial score (nSPS) is 15.2. The number of fused-ring (bicyclic) bond motifs is 1. The van der Waals surface area contributed by atoms with E-state index in [9.17, 15) is 9.59 Å². The molecule has 2 aromatic carbocycles. The van der Waals surface area contributed by atoms with Gasteiger partial charge in [-0.1, -0.05) is 36.4 Å². The molecule has 0 aliphatic carbocycles. The molecule has 0 saturated carbocycles. The Morgan fingerprint density at radius 3 is 2.56 bits per heavy atom. The molecule has 1 amide bonds. The smallest absolute Gasteiger partial charge is 0.306 e. The lowest BCUT2D eigenvalue weighted by Crippen LogP contribution is -2.37. The van der Waals surface area contributed by atoms with E-state index >= 15 is 0 Å². The van der Waals surface area contributed by atoms with Crippen molar-refractivity contribution in [1.82, 2.24) is 9.88 Å². The first-order chi connectivity index (χ1) is 17.6. The Labute approximate surface area is 213 Å². The van der Waals surface area contributed by atoms with Crippen molar-refractivity contribution in [2.75, 3.05) is 19.8 Å². The van der Waals surface area contributed by atoms with Crippen molar-refractivity contribution in [1.29, 1.82) is 0 Å². The highest BCUT2D eigenvalue weighted by molar-refractivity contribution is 5.84. The Bertz CT molecular complexity index is 1130. The number of rotatable bonds is 11. The molecule has 2 heterocycles. The fourth-order valence-electron chi connectivity index (χ4n) is 4.63. The molecule has 0 bridgehead atoms. The minimum absolute atomic E-state index is 0.00926. The molecule has 6 heteroatoms. The predicted molar refractivity (Wildman–Crippen MR) is 139 cm³/mol. The highest BCUT2D eigenvalue weighted by atomic mass is 16.5. The zero-order chi connectivity index (χ0) is 25.2. The summed E-state index contributed by atoms with van der Waals surface area (Å²) in [4.78, 5) is 31.7. The van der Waals surface area contributed by atoms with Crippen molar-refractivity contribution in [2.24, 2.45) is 5.92 Å². The van der Waals surface area contributed by atoms with Gasteiger partial charge in [0.15, 0.2) is 0 Å².